The molecule has 3 rings (SSSR count). The van der Waals surface area contributed by atoms with Crippen LogP contribution in [0.3, 0.4) is 0 Å². The van der Waals surface area contributed by atoms with Crippen LogP contribution in [0, 0.1) is 17.0 Å². The average Bonchev–Trinajstić information content (AvgIpc) is 3.07. The van der Waals surface area contributed by atoms with Crippen molar-refractivity contribution in [1.82, 2.24) is 0 Å². The SMILES string of the molecule is Cc1ccc(NC(=O)/C=C/c2ccc([N+](=O)[O-])cc2)cc1N1CCCC1=O. The molecule has 2 amide bonds. The summed E-state index contributed by atoms with van der Waals surface area (Å²) in [5, 5.41) is 13.4. The third kappa shape index (κ3) is 4.38. The molecule has 1 fully saturated rings. The maximum absolute atomic E-state index is 12.2. The van der Waals surface area contributed by atoms with Crippen LogP contribution >= 0.6 is 0 Å². The number of nitrogens with one attached hydrogen (secondary N) is 1. The first-order valence-electron chi connectivity index (χ1n) is 8.58. The standard InChI is InChI=1S/C20H19N3O4/c1-14-4-8-16(13-18(14)22-12-2-3-20(22)25)21-19(24)11-7-15-5-9-17(10-6-15)23(26)27/h4-11,13H,2-3,12H2,1H3,(H,21,24)/b11-7+. The van der Waals surface area contributed by atoms with Gasteiger partial charge in [-0.2, -0.15) is 0 Å². The summed E-state index contributed by atoms with van der Waals surface area (Å²) < 4.78 is 0. The summed E-state index contributed by atoms with van der Waals surface area (Å²) in [6.45, 7) is 2.62. The van der Waals surface area contributed by atoms with Gasteiger partial charge < -0.3 is 10.2 Å². The summed E-state index contributed by atoms with van der Waals surface area (Å²) in [6.07, 6.45) is 4.33. The van der Waals surface area contributed by atoms with Crippen LogP contribution in [0.5, 0.6) is 0 Å². The fraction of sp³-hybridized carbons (Fsp3) is 0.200. The molecule has 0 unspecified atom stereocenters. The Morgan fingerprint density at radius 3 is 2.59 bits per heavy atom. The van der Waals surface area contributed by atoms with E-state index in [-0.39, 0.29) is 17.5 Å². The fourth-order valence-electron chi connectivity index (χ4n) is 2.94. The molecular weight excluding hydrogens is 346 g/mol. The molecule has 7 nitrogen and oxygen atoms in total. The highest BCUT2D eigenvalue weighted by Crippen LogP contribution is 2.28. The van der Waals surface area contributed by atoms with Gasteiger partial charge in [0.15, 0.2) is 0 Å². The van der Waals surface area contributed by atoms with Crippen molar-refractivity contribution in [3.8, 4) is 0 Å². The Hall–Kier alpha value is -3.48. The van der Waals surface area contributed by atoms with Gasteiger partial charge in [-0.3, -0.25) is 19.7 Å². The lowest BCUT2D eigenvalue weighted by molar-refractivity contribution is -0.384. The van der Waals surface area contributed by atoms with Crippen LogP contribution in [0.4, 0.5) is 17.1 Å². The smallest absolute Gasteiger partial charge is 0.269 e. The van der Waals surface area contributed by atoms with Gasteiger partial charge in [0.1, 0.15) is 0 Å². The zero-order chi connectivity index (χ0) is 19.4. The van der Waals surface area contributed by atoms with Gasteiger partial charge in [0.25, 0.3) is 5.69 Å². The topological polar surface area (TPSA) is 92.5 Å². The summed E-state index contributed by atoms with van der Waals surface area (Å²) in [5.74, 6) is -0.226. The molecular formula is C20H19N3O4. The van der Waals surface area contributed by atoms with Crippen LogP contribution in [0.25, 0.3) is 6.08 Å². The molecule has 0 atom stereocenters. The van der Waals surface area contributed by atoms with Crippen LogP contribution < -0.4 is 10.2 Å². The molecule has 0 aromatic heterocycles. The minimum Gasteiger partial charge on any atom is -0.322 e. The van der Waals surface area contributed by atoms with Gasteiger partial charge in [-0.25, -0.2) is 0 Å². The number of hydrogen-bond acceptors (Lipinski definition) is 4. The maximum Gasteiger partial charge on any atom is 0.269 e. The Morgan fingerprint density at radius 1 is 1.22 bits per heavy atom. The molecule has 7 heteroatoms. The predicted octanol–water partition coefficient (Wildman–Crippen LogP) is 3.68. The van der Waals surface area contributed by atoms with E-state index >= 15 is 0 Å². The molecule has 1 heterocycles. The molecule has 2 aromatic carbocycles. The van der Waals surface area contributed by atoms with Crippen LogP contribution in [0.2, 0.25) is 0 Å². The second-order valence-electron chi connectivity index (χ2n) is 6.32. The summed E-state index contributed by atoms with van der Waals surface area (Å²) in [6, 6.07) is 11.4. The van der Waals surface area contributed by atoms with Gasteiger partial charge in [-0.15, -0.1) is 0 Å². The van der Waals surface area contributed by atoms with E-state index < -0.39 is 4.92 Å². The minimum absolute atomic E-state index is 0.000228. The summed E-state index contributed by atoms with van der Waals surface area (Å²) in [4.78, 5) is 36.1. The molecule has 1 saturated heterocycles. The van der Waals surface area contributed by atoms with E-state index in [9.17, 15) is 19.7 Å². The number of anilines is 2. The lowest BCUT2D eigenvalue weighted by Crippen LogP contribution is -2.24. The first-order chi connectivity index (χ1) is 12.9. The molecule has 1 N–H and O–H groups in total. The van der Waals surface area contributed by atoms with E-state index in [0.29, 0.717) is 24.2 Å². The molecule has 0 bridgehead atoms. The second-order valence-corrected chi connectivity index (χ2v) is 6.32. The fourth-order valence-corrected chi connectivity index (χ4v) is 2.94. The van der Waals surface area contributed by atoms with E-state index in [4.69, 9.17) is 0 Å². The average molecular weight is 365 g/mol. The zero-order valence-corrected chi connectivity index (χ0v) is 14.8. The van der Waals surface area contributed by atoms with Crippen molar-refractivity contribution in [3.05, 3.63) is 69.8 Å². The van der Waals surface area contributed by atoms with Crippen molar-refractivity contribution in [2.24, 2.45) is 0 Å². The Labute approximate surface area is 156 Å². The van der Waals surface area contributed by atoms with Crippen LogP contribution in [-0.2, 0) is 9.59 Å². The summed E-state index contributed by atoms with van der Waals surface area (Å²) in [5.41, 5.74) is 3.08. The molecule has 2 aromatic rings. The molecule has 0 radical (unpaired) electrons. The van der Waals surface area contributed by atoms with Crippen molar-refractivity contribution in [2.75, 3.05) is 16.8 Å². The van der Waals surface area contributed by atoms with Gasteiger partial charge in [-0.1, -0.05) is 6.07 Å². The number of nitrogens with zero attached hydrogens (tertiary/aromatic N) is 2. The first-order valence-corrected chi connectivity index (χ1v) is 8.58. The summed E-state index contributed by atoms with van der Waals surface area (Å²) in [7, 11) is 0. The highest BCUT2D eigenvalue weighted by molar-refractivity contribution is 6.03. The minimum atomic E-state index is -0.472. The summed E-state index contributed by atoms with van der Waals surface area (Å²) >= 11 is 0. The van der Waals surface area contributed by atoms with Gasteiger partial charge in [0, 0.05) is 42.5 Å². The van der Waals surface area contributed by atoms with Gasteiger partial charge in [0.05, 0.1) is 4.92 Å². The number of carbonyl (C=O) groups is 2. The monoisotopic (exact) mass is 365 g/mol. The van der Waals surface area contributed by atoms with Crippen LogP contribution in [-0.4, -0.2) is 23.3 Å². The lowest BCUT2D eigenvalue weighted by Gasteiger charge is -2.19. The molecule has 1 aliphatic rings. The first kappa shape index (κ1) is 18.3. The van der Waals surface area contributed by atoms with Gasteiger partial charge in [-0.05, 0) is 54.8 Å². The normalized spacial score (nSPS) is 14.0. The quantitative estimate of drug-likeness (QED) is 0.497. The van der Waals surface area contributed by atoms with E-state index in [1.165, 1.54) is 18.2 Å². The van der Waals surface area contributed by atoms with E-state index in [2.05, 4.69) is 5.32 Å². The number of hydrogen-bond donors (Lipinski definition) is 1. The maximum atomic E-state index is 12.2. The predicted molar refractivity (Wildman–Crippen MR) is 104 cm³/mol. The Balaban J connectivity index is 1.68. The number of carbonyl (C=O) groups excluding carboxylic acids is 2. The number of non-ortho nitro benzene ring substituents is 1. The number of benzene rings is 2. The van der Waals surface area contributed by atoms with Gasteiger partial charge >= 0.3 is 0 Å². The zero-order valence-electron chi connectivity index (χ0n) is 14.8. The Bertz CT molecular complexity index is 919. The van der Waals surface area contributed by atoms with Crippen molar-refractivity contribution < 1.29 is 14.5 Å². The Morgan fingerprint density at radius 2 is 1.96 bits per heavy atom. The third-order valence-corrected chi connectivity index (χ3v) is 4.37. The van der Waals surface area contributed by atoms with E-state index in [1.54, 1.807) is 35.2 Å². The third-order valence-electron chi connectivity index (χ3n) is 4.37. The van der Waals surface area contributed by atoms with Crippen molar-refractivity contribution in [1.29, 1.82) is 0 Å². The van der Waals surface area contributed by atoms with Crippen LogP contribution in [0.1, 0.15) is 24.0 Å². The van der Waals surface area contributed by atoms with E-state index in [0.717, 1.165) is 17.7 Å². The Kier molecular flexibility index (Phi) is 5.30. The number of amides is 2. The number of rotatable bonds is 5. The molecule has 27 heavy (non-hydrogen) atoms. The molecule has 1 aliphatic heterocycles. The molecule has 0 aliphatic carbocycles. The van der Waals surface area contributed by atoms with Crippen molar-refractivity contribution in [3.63, 3.8) is 0 Å². The van der Waals surface area contributed by atoms with E-state index in [1.807, 2.05) is 13.0 Å². The van der Waals surface area contributed by atoms with Crippen molar-refractivity contribution in [2.45, 2.75) is 19.8 Å². The number of nitro benzene ring substituents is 1. The highest BCUT2D eigenvalue weighted by atomic mass is 16.6. The molecule has 0 spiro atoms. The molecule has 138 valence electrons. The molecule has 0 saturated carbocycles. The van der Waals surface area contributed by atoms with Crippen molar-refractivity contribution >= 4 is 35.0 Å². The second kappa shape index (κ2) is 7.82. The van der Waals surface area contributed by atoms with Crippen LogP contribution in [0.15, 0.2) is 48.5 Å². The number of nitro groups is 1. The largest absolute Gasteiger partial charge is 0.322 e. The van der Waals surface area contributed by atoms with Gasteiger partial charge in [0.2, 0.25) is 11.8 Å². The highest BCUT2D eigenvalue weighted by Gasteiger charge is 2.23. The number of aryl methyl sites for hydroxylation is 1. The lowest BCUT2D eigenvalue weighted by atomic mass is 10.1.